The first kappa shape index (κ1) is 11.3. The molecule has 0 radical (unpaired) electrons. The third-order valence-corrected chi connectivity index (χ3v) is 2.85. The molecule has 1 saturated heterocycles. The number of anilines is 1. The molecule has 5 heteroatoms. The maximum atomic E-state index is 12.6. The van der Waals surface area contributed by atoms with E-state index in [1.54, 1.807) is 18.3 Å². The van der Waals surface area contributed by atoms with E-state index in [0.29, 0.717) is 11.4 Å². The van der Waals surface area contributed by atoms with Crippen LogP contribution in [0.15, 0.2) is 18.3 Å². The minimum absolute atomic E-state index is 0.444. The number of hydrogen-bond acceptors (Lipinski definition) is 3. The van der Waals surface area contributed by atoms with E-state index in [-0.39, 0.29) is 0 Å². The second kappa shape index (κ2) is 4.74. The van der Waals surface area contributed by atoms with Gasteiger partial charge < -0.3 is 10.6 Å². The van der Waals surface area contributed by atoms with Crippen molar-refractivity contribution in [3.63, 3.8) is 0 Å². The van der Waals surface area contributed by atoms with Crippen molar-refractivity contribution in [3.05, 3.63) is 23.9 Å². The first-order valence-corrected chi connectivity index (χ1v) is 5.43. The van der Waals surface area contributed by atoms with Crippen LogP contribution in [0.3, 0.4) is 0 Å². The third-order valence-electron chi connectivity index (χ3n) is 2.85. The van der Waals surface area contributed by atoms with Gasteiger partial charge in [-0.1, -0.05) is 6.07 Å². The van der Waals surface area contributed by atoms with E-state index in [9.17, 15) is 8.78 Å². The van der Waals surface area contributed by atoms with Gasteiger partial charge in [-0.15, -0.1) is 0 Å². The molecule has 0 spiro atoms. The van der Waals surface area contributed by atoms with Crippen LogP contribution in [0.4, 0.5) is 14.6 Å². The number of nitrogens with two attached hydrogens (primary N) is 1. The first-order valence-electron chi connectivity index (χ1n) is 5.43. The van der Waals surface area contributed by atoms with Crippen LogP contribution in [-0.4, -0.2) is 24.5 Å². The fourth-order valence-electron chi connectivity index (χ4n) is 2.00. The van der Waals surface area contributed by atoms with Crippen LogP contribution in [0.5, 0.6) is 0 Å². The number of nitrogens with zero attached hydrogens (tertiary/aromatic N) is 2. The van der Waals surface area contributed by atoms with E-state index in [4.69, 9.17) is 5.73 Å². The molecule has 2 heterocycles. The number of halogens is 2. The predicted molar refractivity (Wildman–Crippen MR) is 58.6 cm³/mol. The van der Waals surface area contributed by atoms with Gasteiger partial charge in [0, 0.05) is 24.8 Å². The summed E-state index contributed by atoms with van der Waals surface area (Å²) in [6.45, 7) is 1.75. The highest BCUT2D eigenvalue weighted by Crippen LogP contribution is 2.28. The molecule has 2 N–H and O–H groups in total. The molecular formula is C11H15F2N3. The maximum absolute atomic E-state index is 12.6. The fraction of sp³-hybridized carbons (Fsp3) is 0.545. The van der Waals surface area contributed by atoms with Gasteiger partial charge in [0.15, 0.2) is 0 Å². The summed E-state index contributed by atoms with van der Waals surface area (Å²) < 4.78 is 25.2. The Bertz CT molecular complexity index is 330. The Labute approximate surface area is 93.3 Å². The molecule has 0 amide bonds. The number of aromatic nitrogens is 1. The zero-order chi connectivity index (χ0) is 11.5. The second-order valence-corrected chi connectivity index (χ2v) is 3.97. The highest BCUT2D eigenvalue weighted by Gasteiger charge is 2.24. The van der Waals surface area contributed by atoms with Gasteiger partial charge in [0.05, 0.1) is 6.04 Å². The summed E-state index contributed by atoms with van der Waals surface area (Å²) in [5.74, 6) is 0.618. The van der Waals surface area contributed by atoms with Crippen molar-refractivity contribution in [1.29, 1.82) is 0 Å². The Hall–Kier alpha value is -1.23. The van der Waals surface area contributed by atoms with E-state index < -0.39 is 12.5 Å². The predicted octanol–water partition coefficient (Wildman–Crippen LogP) is 1.95. The molecule has 1 atom stereocenters. The van der Waals surface area contributed by atoms with Crippen LogP contribution in [0.2, 0.25) is 0 Å². The molecule has 1 aliphatic rings. The Morgan fingerprint density at radius 1 is 1.31 bits per heavy atom. The molecule has 1 aliphatic heterocycles. The zero-order valence-corrected chi connectivity index (χ0v) is 8.94. The van der Waals surface area contributed by atoms with Crippen LogP contribution in [0, 0.1) is 0 Å². The molecular weight excluding hydrogens is 212 g/mol. The van der Waals surface area contributed by atoms with E-state index in [0.717, 1.165) is 25.9 Å². The topological polar surface area (TPSA) is 42.1 Å². The van der Waals surface area contributed by atoms with Crippen LogP contribution < -0.4 is 10.6 Å². The van der Waals surface area contributed by atoms with Crippen molar-refractivity contribution in [3.8, 4) is 0 Å². The molecule has 16 heavy (non-hydrogen) atoms. The summed E-state index contributed by atoms with van der Waals surface area (Å²) in [5.41, 5.74) is 5.93. The second-order valence-electron chi connectivity index (χ2n) is 3.97. The van der Waals surface area contributed by atoms with Crippen molar-refractivity contribution in [2.75, 3.05) is 18.0 Å². The molecule has 0 saturated carbocycles. The molecule has 2 rings (SSSR count). The van der Waals surface area contributed by atoms with Gasteiger partial charge in [0.25, 0.3) is 6.43 Å². The first-order chi connectivity index (χ1) is 7.70. The molecule has 0 aliphatic carbocycles. The summed E-state index contributed by atoms with van der Waals surface area (Å²) in [4.78, 5) is 6.20. The number of alkyl halides is 2. The molecule has 0 bridgehead atoms. The lowest BCUT2D eigenvalue weighted by atomic mass is 10.1. The average molecular weight is 227 g/mol. The molecule has 1 aromatic heterocycles. The largest absolute Gasteiger partial charge is 0.356 e. The summed E-state index contributed by atoms with van der Waals surface area (Å²) >= 11 is 0. The number of rotatable bonds is 3. The minimum Gasteiger partial charge on any atom is -0.356 e. The van der Waals surface area contributed by atoms with Crippen molar-refractivity contribution in [2.45, 2.75) is 25.3 Å². The van der Waals surface area contributed by atoms with Crippen LogP contribution in [0.1, 0.15) is 24.4 Å². The third kappa shape index (κ3) is 2.14. The van der Waals surface area contributed by atoms with Gasteiger partial charge in [-0.3, -0.25) is 0 Å². The van der Waals surface area contributed by atoms with E-state index in [2.05, 4.69) is 4.98 Å². The van der Waals surface area contributed by atoms with Crippen molar-refractivity contribution >= 4 is 5.82 Å². The van der Waals surface area contributed by atoms with Gasteiger partial charge in [-0.2, -0.15) is 0 Å². The normalized spacial score (nSPS) is 18.1. The lowest BCUT2D eigenvalue weighted by Gasteiger charge is -2.22. The summed E-state index contributed by atoms with van der Waals surface area (Å²) in [7, 11) is 0. The summed E-state index contributed by atoms with van der Waals surface area (Å²) in [6, 6.07) is 2.04. The molecule has 1 aromatic rings. The molecule has 3 nitrogen and oxygen atoms in total. The summed E-state index contributed by atoms with van der Waals surface area (Å²) in [5, 5.41) is 0. The van der Waals surface area contributed by atoms with E-state index in [1.165, 1.54) is 0 Å². The Morgan fingerprint density at radius 2 is 2.00 bits per heavy atom. The molecule has 0 aromatic carbocycles. The zero-order valence-electron chi connectivity index (χ0n) is 8.94. The van der Waals surface area contributed by atoms with E-state index in [1.807, 2.05) is 4.90 Å². The highest BCUT2D eigenvalue weighted by atomic mass is 19.3. The maximum Gasteiger partial charge on any atom is 0.257 e. The van der Waals surface area contributed by atoms with Crippen LogP contribution >= 0.6 is 0 Å². The fourth-order valence-corrected chi connectivity index (χ4v) is 2.00. The van der Waals surface area contributed by atoms with E-state index >= 15 is 0 Å². The van der Waals surface area contributed by atoms with Gasteiger partial charge in [-0.25, -0.2) is 13.8 Å². The van der Waals surface area contributed by atoms with Crippen molar-refractivity contribution < 1.29 is 8.78 Å². The molecule has 1 fully saturated rings. The standard InChI is InChI=1S/C11H15F2N3/c12-10(13)9(14)8-4-3-5-15-11(8)16-6-1-2-7-16/h3-5,9-10H,1-2,6-7,14H2. The molecule has 1 unspecified atom stereocenters. The number of hydrogen-bond donors (Lipinski definition) is 1. The van der Waals surface area contributed by atoms with Crippen molar-refractivity contribution in [1.82, 2.24) is 4.98 Å². The average Bonchev–Trinajstić information content (AvgIpc) is 2.81. The van der Waals surface area contributed by atoms with Crippen LogP contribution in [0.25, 0.3) is 0 Å². The van der Waals surface area contributed by atoms with Gasteiger partial charge in [0.2, 0.25) is 0 Å². The summed E-state index contributed by atoms with van der Waals surface area (Å²) in [6.07, 6.45) is 1.24. The highest BCUT2D eigenvalue weighted by molar-refractivity contribution is 5.49. The quantitative estimate of drug-likeness (QED) is 0.858. The Kier molecular flexibility index (Phi) is 3.33. The van der Waals surface area contributed by atoms with Gasteiger partial charge >= 0.3 is 0 Å². The Morgan fingerprint density at radius 3 is 2.62 bits per heavy atom. The molecule has 88 valence electrons. The van der Waals surface area contributed by atoms with Crippen LogP contribution in [-0.2, 0) is 0 Å². The minimum atomic E-state index is -2.55. The van der Waals surface area contributed by atoms with Gasteiger partial charge in [-0.05, 0) is 18.9 Å². The number of pyridine rings is 1. The lowest BCUT2D eigenvalue weighted by molar-refractivity contribution is 0.116. The SMILES string of the molecule is NC(c1cccnc1N1CCCC1)C(F)F. The van der Waals surface area contributed by atoms with Gasteiger partial charge in [0.1, 0.15) is 5.82 Å². The monoisotopic (exact) mass is 227 g/mol. The smallest absolute Gasteiger partial charge is 0.257 e. The van der Waals surface area contributed by atoms with Crippen molar-refractivity contribution in [2.24, 2.45) is 5.73 Å². The lowest BCUT2D eigenvalue weighted by Crippen LogP contribution is -2.26. The Balaban J connectivity index is 2.29.